The molecule has 2 rings (SSSR count). The van der Waals surface area contributed by atoms with Gasteiger partial charge in [-0.25, -0.2) is 9.37 Å². The van der Waals surface area contributed by atoms with Crippen molar-refractivity contribution in [1.29, 1.82) is 0 Å². The molecule has 1 unspecified atom stereocenters. The van der Waals surface area contributed by atoms with Crippen LogP contribution < -0.4 is 10.6 Å². The lowest BCUT2D eigenvalue weighted by atomic mass is 9.83. The Morgan fingerprint density at radius 1 is 1.37 bits per heavy atom. The minimum atomic E-state index is -0.381. The minimum Gasteiger partial charge on any atom is -0.364 e. The van der Waals surface area contributed by atoms with Gasteiger partial charge in [0.1, 0.15) is 0 Å². The molecule has 19 heavy (non-hydrogen) atoms. The zero-order valence-electron chi connectivity index (χ0n) is 11.7. The van der Waals surface area contributed by atoms with Gasteiger partial charge < -0.3 is 10.6 Å². The summed E-state index contributed by atoms with van der Waals surface area (Å²) in [6, 6.07) is 0.300. The molecule has 4 nitrogen and oxygen atoms in total. The monoisotopic (exact) mass is 266 g/mol. The molecular formula is C14H23FN4. The second-order valence-corrected chi connectivity index (χ2v) is 5.20. The Labute approximate surface area is 114 Å². The van der Waals surface area contributed by atoms with Crippen molar-refractivity contribution in [1.82, 2.24) is 9.97 Å². The lowest BCUT2D eigenvalue weighted by Crippen LogP contribution is -2.31. The van der Waals surface area contributed by atoms with Gasteiger partial charge in [-0.1, -0.05) is 26.2 Å². The first-order chi connectivity index (χ1) is 9.24. The van der Waals surface area contributed by atoms with Crippen LogP contribution >= 0.6 is 0 Å². The van der Waals surface area contributed by atoms with E-state index in [4.69, 9.17) is 0 Å². The fraction of sp³-hybridized carbons (Fsp3) is 0.714. The van der Waals surface area contributed by atoms with Crippen molar-refractivity contribution in [3.05, 3.63) is 12.0 Å². The van der Waals surface area contributed by atoms with Crippen LogP contribution in [0.3, 0.4) is 0 Å². The Bertz CT molecular complexity index is 404. The van der Waals surface area contributed by atoms with Crippen LogP contribution in [0.1, 0.15) is 45.4 Å². The van der Waals surface area contributed by atoms with Gasteiger partial charge in [0.05, 0.1) is 6.20 Å². The maximum absolute atomic E-state index is 13.8. The van der Waals surface area contributed by atoms with Crippen LogP contribution in [0.4, 0.5) is 16.2 Å². The number of hydrogen-bond acceptors (Lipinski definition) is 4. The normalized spacial score (nSPS) is 18.1. The molecule has 1 aliphatic rings. The lowest BCUT2D eigenvalue weighted by molar-refractivity contribution is 0.312. The van der Waals surface area contributed by atoms with Crippen LogP contribution in [0.5, 0.6) is 0 Å². The standard InChI is InChI=1S/C14H23FN4/c1-3-12(10-7-5-4-6-8-10)18-13-11(15)9-17-14(16-2)19-13/h9-10,12H,3-8H2,1-2H3,(H2,16,17,18,19). The highest BCUT2D eigenvalue weighted by atomic mass is 19.1. The van der Waals surface area contributed by atoms with Gasteiger partial charge in [-0.3, -0.25) is 0 Å². The van der Waals surface area contributed by atoms with Gasteiger partial charge in [0.15, 0.2) is 11.6 Å². The number of anilines is 2. The Balaban J connectivity index is 2.08. The predicted octanol–water partition coefficient (Wildman–Crippen LogP) is 3.43. The minimum absolute atomic E-state index is 0.300. The van der Waals surface area contributed by atoms with E-state index in [1.54, 1.807) is 7.05 Å². The van der Waals surface area contributed by atoms with Crippen molar-refractivity contribution in [3.8, 4) is 0 Å². The average Bonchev–Trinajstić information content (AvgIpc) is 2.47. The molecule has 1 aromatic heterocycles. The SMILES string of the molecule is CCC(Nc1nc(NC)ncc1F)C1CCCCC1. The molecule has 0 bridgehead atoms. The molecule has 1 atom stereocenters. The Kier molecular flexibility index (Phi) is 4.93. The summed E-state index contributed by atoms with van der Waals surface area (Å²) in [5, 5.41) is 6.11. The van der Waals surface area contributed by atoms with Gasteiger partial charge in [0.2, 0.25) is 5.95 Å². The first-order valence-electron chi connectivity index (χ1n) is 7.21. The molecule has 5 heteroatoms. The summed E-state index contributed by atoms with van der Waals surface area (Å²) in [5.74, 6) is 1.01. The van der Waals surface area contributed by atoms with Crippen molar-refractivity contribution in [3.63, 3.8) is 0 Å². The van der Waals surface area contributed by atoms with E-state index >= 15 is 0 Å². The topological polar surface area (TPSA) is 49.8 Å². The van der Waals surface area contributed by atoms with E-state index in [0.29, 0.717) is 23.7 Å². The van der Waals surface area contributed by atoms with E-state index in [1.807, 2.05) is 0 Å². The molecular weight excluding hydrogens is 243 g/mol. The fourth-order valence-corrected chi connectivity index (χ4v) is 2.85. The zero-order chi connectivity index (χ0) is 13.7. The Hall–Kier alpha value is -1.39. The van der Waals surface area contributed by atoms with Crippen LogP contribution in [0, 0.1) is 11.7 Å². The van der Waals surface area contributed by atoms with Crippen LogP contribution in [0.15, 0.2) is 6.20 Å². The van der Waals surface area contributed by atoms with Crippen molar-refractivity contribution in [2.24, 2.45) is 5.92 Å². The Morgan fingerprint density at radius 2 is 2.11 bits per heavy atom. The molecule has 0 aromatic carbocycles. The number of rotatable bonds is 5. The molecule has 0 saturated heterocycles. The van der Waals surface area contributed by atoms with Crippen LogP contribution in [-0.4, -0.2) is 23.1 Å². The number of halogens is 1. The lowest BCUT2D eigenvalue weighted by Gasteiger charge is -2.30. The summed E-state index contributed by atoms with van der Waals surface area (Å²) in [6.07, 6.45) is 8.58. The van der Waals surface area contributed by atoms with E-state index in [1.165, 1.54) is 38.3 Å². The van der Waals surface area contributed by atoms with Crippen molar-refractivity contribution in [2.75, 3.05) is 17.7 Å². The molecule has 0 spiro atoms. The number of nitrogens with one attached hydrogen (secondary N) is 2. The van der Waals surface area contributed by atoms with Gasteiger partial charge in [-0.15, -0.1) is 0 Å². The summed E-state index contributed by atoms with van der Waals surface area (Å²) in [5.41, 5.74) is 0. The molecule has 1 aromatic rings. The predicted molar refractivity (Wildman–Crippen MR) is 75.8 cm³/mol. The third-order valence-electron chi connectivity index (χ3n) is 3.95. The molecule has 1 fully saturated rings. The van der Waals surface area contributed by atoms with Crippen LogP contribution in [0.2, 0.25) is 0 Å². The van der Waals surface area contributed by atoms with E-state index in [9.17, 15) is 4.39 Å². The third kappa shape index (κ3) is 3.55. The summed E-state index contributed by atoms with van der Waals surface area (Å²) in [7, 11) is 1.73. The molecule has 0 radical (unpaired) electrons. The van der Waals surface area contributed by atoms with E-state index in [2.05, 4.69) is 27.5 Å². The van der Waals surface area contributed by atoms with Gasteiger partial charge in [-0.05, 0) is 25.2 Å². The largest absolute Gasteiger partial charge is 0.364 e. The summed E-state index contributed by atoms with van der Waals surface area (Å²) >= 11 is 0. The molecule has 2 N–H and O–H groups in total. The Morgan fingerprint density at radius 3 is 2.74 bits per heavy atom. The van der Waals surface area contributed by atoms with Crippen molar-refractivity contribution >= 4 is 11.8 Å². The molecule has 0 amide bonds. The van der Waals surface area contributed by atoms with Crippen LogP contribution in [0.25, 0.3) is 0 Å². The number of aromatic nitrogens is 2. The van der Waals surface area contributed by atoms with Crippen molar-refractivity contribution in [2.45, 2.75) is 51.5 Å². The molecule has 106 valence electrons. The van der Waals surface area contributed by atoms with E-state index < -0.39 is 0 Å². The van der Waals surface area contributed by atoms with Crippen molar-refractivity contribution < 1.29 is 4.39 Å². The maximum Gasteiger partial charge on any atom is 0.224 e. The van der Waals surface area contributed by atoms with Gasteiger partial charge in [0, 0.05) is 13.1 Å². The van der Waals surface area contributed by atoms with E-state index in [0.717, 1.165) is 6.42 Å². The highest BCUT2D eigenvalue weighted by Crippen LogP contribution is 2.29. The summed E-state index contributed by atoms with van der Waals surface area (Å²) in [4.78, 5) is 8.03. The summed E-state index contributed by atoms with van der Waals surface area (Å²) < 4.78 is 13.8. The fourth-order valence-electron chi connectivity index (χ4n) is 2.85. The van der Waals surface area contributed by atoms with Crippen LogP contribution in [-0.2, 0) is 0 Å². The third-order valence-corrected chi connectivity index (χ3v) is 3.95. The van der Waals surface area contributed by atoms with Gasteiger partial charge in [0.25, 0.3) is 0 Å². The zero-order valence-corrected chi connectivity index (χ0v) is 11.7. The highest BCUT2D eigenvalue weighted by molar-refractivity contribution is 5.41. The van der Waals surface area contributed by atoms with Gasteiger partial charge >= 0.3 is 0 Å². The maximum atomic E-state index is 13.8. The first kappa shape index (κ1) is 14.0. The average molecular weight is 266 g/mol. The molecule has 1 saturated carbocycles. The second-order valence-electron chi connectivity index (χ2n) is 5.20. The number of nitrogens with zero attached hydrogens (tertiary/aromatic N) is 2. The highest BCUT2D eigenvalue weighted by Gasteiger charge is 2.23. The molecule has 1 aliphatic carbocycles. The quantitative estimate of drug-likeness (QED) is 0.857. The van der Waals surface area contributed by atoms with E-state index in [-0.39, 0.29) is 5.82 Å². The second kappa shape index (κ2) is 6.68. The first-order valence-corrected chi connectivity index (χ1v) is 7.21. The number of hydrogen-bond donors (Lipinski definition) is 2. The smallest absolute Gasteiger partial charge is 0.224 e. The molecule has 1 heterocycles. The van der Waals surface area contributed by atoms with Gasteiger partial charge in [-0.2, -0.15) is 4.98 Å². The summed E-state index contributed by atoms with van der Waals surface area (Å²) in [6.45, 7) is 2.14. The molecule has 0 aliphatic heterocycles.